The number of halogens is 3. The molecule has 0 radical (unpaired) electrons. The Morgan fingerprint density at radius 1 is 1.57 bits per heavy atom. The predicted molar refractivity (Wildman–Crippen MR) is 69.4 cm³/mol. The molecule has 2 aromatic rings. The van der Waals surface area contributed by atoms with Crippen LogP contribution >= 0.6 is 0 Å². The molecule has 0 aromatic carbocycles. The molecule has 3 heterocycles. The number of alkyl halides is 3. The Morgan fingerprint density at radius 3 is 2.83 bits per heavy atom. The van der Waals surface area contributed by atoms with Gasteiger partial charge in [0.15, 0.2) is 29.2 Å². The van der Waals surface area contributed by atoms with Gasteiger partial charge in [0.1, 0.15) is 6.10 Å². The van der Waals surface area contributed by atoms with Crippen molar-refractivity contribution >= 4 is 17.1 Å². The van der Waals surface area contributed by atoms with E-state index in [0.29, 0.717) is 0 Å². The number of aromatic nitrogens is 4. The number of ether oxygens (including phenoxy) is 1. The number of nitrogens with zero attached hydrogens (tertiary/aromatic N) is 3. The summed E-state index contributed by atoms with van der Waals surface area (Å²) in [6.45, 7) is -1.35. The van der Waals surface area contributed by atoms with Crippen LogP contribution in [0.4, 0.5) is 19.1 Å². The number of nitrogens with one attached hydrogen (secondary N) is 1. The van der Waals surface area contributed by atoms with Gasteiger partial charge in [-0.2, -0.15) is 4.98 Å². The molecule has 126 valence electrons. The Labute approximate surface area is 125 Å². The largest absolute Gasteiger partial charge is 0.393 e. The molecule has 1 aliphatic heterocycles. The molecular formula is C11H12F3N5O4. The standard InChI is InChI=1S/C11H12F3N5O4/c12-5-4(21)8(23-11(5,1-20)9(13)14)19-2-16-3-6(19)17-10(15)18-7(3)22/h2,4-5,8-9,20-21H,1H2,(H3,15,17,18,22)/t4-,5-,8-,11-/m1/s1. The van der Waals surface area contributed by atoms with Gasteiger partial charge in [-0.25, -0.2) is 18.2 Å². The van der Waals surface area contributed by atoms with Crippen molar-refractivity contribution in [2.45, 2.75) is 30.5 Å². The van der Waals surface area contributed by atoms with E-state index in [4.69, 9.17) is 15.6 Å². The van der Waals surface area contributed by atoms with Gasteiger partial charge in [-0.3, -0.25) is 14.3 Å². The summed E-state index contributed by atoms with van der Waals surface area (Å²) < 4.78 is 46.2. The van der Waals surface area contributed by atoms with Gasteiger partial charge in [0, 0.05) is 0 Å². The van der Waals surface area contributed by atoms with Crippen LogP contribution in [0.15, 0.2) is 11.1 Å². The van der Waals surface area contributed by atoms with Gasteiger partial charge in [0.05, 0.1) is 12.9 Å². The van der Waals surface area contributed by atoms with Crippen LogP contribution in [0.25, 0.3) is 11.2 Å². The molecule has 0 aliphatic carbocycles. The van der Waals surface area contributed by atoms with Crippen LogP contribution < -0.4 is 11.3 Å². The second-order valence-corrected chi connectivity index (χ2v) is 5.09. The first-order valence-corrected chi connectivity index (χ1v) is 6.43. The SMILES string of the molecule is Nc1nc2c(ncn2[C@@H]2O[C@@](CO)(C(F)F)[C@H](F)[C@H]2O)c(=O)[nH]1. The quantitative estimate of drug-likeness (QED) is 0.560. The fourth-order valence-corrected chi connectivity index (χ4v) is 2.51. The number of H-pyrrole nitrogens is 1. The number of nitrogen functional groups attached to an aromatic ring is 1. The summed E-state index contributed by atoms with van der Waals surface area (Å²) in [5.74, 6) is -0.282. The first kappa shape index (κ1) is 15.7. The summed E-state index contributed by atoms with van der Waals surface area (Å²) >= 11 is 0. The summed E-state index contributed by atoms with van der Waals surface area (Å²) in [7, 11) is 0. The van der Waals surface area contributed by atoms with E-state index in [0.717, 1.165) is 10.9 Å². The molecular weight excluding hydrogens is 323 g/mol. The minimum atomic E-state index is -3.39. The number of nitrogens with two attached hydrogens (primary N) is 1. The Morgan fingerprint density at radius 2 is 2.26 bits per heavy atom. The third-order valence-electron chi connectivity index (χ3n) is 3.74. The number of rotatable bonds is 3. The zero-order chi connectivity index (χ0) is 16.9. The first-order valence-electron chi connectivity index (χ1n) is 6.43. The van der Waals surface area contributed by atoms with Crippen molar-refractivity contribution < 1.29 is 28.1 Å². The van der Waals surface area contributed by atoms with Gasteiger partial charge in [-0.05, 0) is 0 Å². The van der Waals surface area contributed by atoms with Gasteiger partial charge < -0.3 is 20.7 Å². The van der Waals surface area contributed by atoms with Gasteiger partial charge in [-0.15, -0.1) is 0 Å². The van der Waals surface area contributed by atoms with Crippen LogP contribution in [-0.4, -0.2) is 60.6 Å². The second kappa shape index (κ2) is 5.18. The smallest absolute Gasteiger partial charge is 0.280 e. The van der Waals surface area contributed by atoms with Crippen LogP contribution in [0.5, 0.6) is 0 Å². The molecule has 0 bridgehead atoms. The Bertz CT molecular complexity index is 796. The molecule has 1 fully saturated rings. The summed E-state index contributed by atoms with van der Waals surface area (Å²) in [4.78, 5) is 21.4. The fraction of sp³-hybridized carbons (Fsp3) is 0.545. The van der Waals surface area contributed by atoms with Crippen molar-refractivity contribution in [3.05, 3.63) is 16.7 Å². The maximum atomic E-state index is 14.1. The monoisotopic (exact) mass is 335 g/mol. The number of anilines is 1. The molecule has 9 nitrogen and oxygen atoms in total. The molecule has 0 amide bonds. The molecule has 12 heteroatoms. The molecule has 23 heavy (non-hydrogen) atoms. The van der Waals surface area contributed by atoms with E-state index in [1.54, 1.807) is 0 Å². The lowest BCUT2D eigenvalue weighted by atomic mass is 9.98. The molecule has 1 saturated heterocycles. The highest BCUT2D eigenvalue weighted by atomic mass is 19.3. The number of imidazole rings is 1. The summed E-state index contributed by atoms with van der Waals surface area (Å²) in [5, 5.41) is 19.0. The van der Waals surface area contributed by atoms with Crippen molar-refractivity contribution in [2.75, 3.05) is 12.3 Å². The Kier molecular flexibility index (Phi) is 3.54. The van der Waals surface area contributed by atoms with Crippen LogP contribution in [0.3, 0.4) is 0 Å². The minimum Gasteiger partial charge on any atom is -0.393 e. The van der Waals surface area contributed by atoms with Crippen molar-refractivity contribution in [1.82, 2.24) is 19.5 Å². The van der Waals surface area contributed by atoms with Gasteiger partial charge in [0.2, 0.25) is 5.95 Å². The molecule has 0 unspecified atom stereocenters. The van der Waals surface area contributed by atoms with E-state index in [-0.39, 0.29) is 17.1 Å². The third kappa shape index (κ3) is 2.09. The molecule has 1 aliphatic rings. The lowest BCUT2D eigenvalue weighted by molar-refractivity contribution is -0.185. The van der Waals surface area contributed by atoms with Crippen LogP contribution in [0.2, 0.25) is 0 Å². The first-order chi connectivity index (χ1) is 10.8. The highest BCUT2D eigenvalue weighted by Crippen LogP contribution is 2.43. The predicted octanol–water partition coefficient (Wildman–Crippen LogP) is -1.07. The highest BCUT2D eigenvalue weighted by Gasteiger charge is 2.61. The highest BCUT2D eigenvalue weighted by molar-refractivity contribution is 5.70. The van der Waals surface area contributed by atoms with Crippen LogP contribution in [0.1, 0.15) is 6.23 Å². The number of hydrogen-bond acceptors (Lipinski definition) is 7. The van der Waals surface area contributed by atoms with Crippen molar-refractivity contribution in [3.63, 3.8) is 0 Å². The number of fused-ring (bicyclic) bond motifs is 1. The Balaban J connectivity index is 2.11. The fourth-order valence-electron chi connectivity index (χ4n) is 2.51. The average Bonchev–Trinajstić information content (AvgIpc) is 3.01. The maximum absolute atomic E-state index is 14.1. The van der Waals surface area contributed by atoms with E-state index < -0.39 is 42.7 Å². The van der Waals surface area contributed by atoms with E-state index in [1.165, 1.54) is 0 Å². The average molecular weight is 335 g/mol. The van der Waals surface area contributed by atoms with Gasteiger partial charge >= 0.3 is 0 Å². The molecule has 0 saturated carbocycles. The lowest BCUT2D eigenvalue weighted by Crippen LogP contribution is -2.49. The summed E-state index contributed by atoms with van der Waals surface area (Å²) in [5.41, 5.74) is 1.45. The van der Waals surface area contributed by atoms with E-state index in [1.807, 2.05) is 0 Å². The van der Waals surface area contributed by atoms with Crippen molar-refractivity contribution in [3.8, 4) is 0 Å². The summed E-state index contributed by atoms with van der Waals surface area (Å²) in [6, 6.07) is 0. The Hall–Kier alpha value is -2.18. The third-order valence-corrected chi connectivity index (χ3v) is 3.74. The minimum absolute atomic E-state index is 0.175. The molecule has 3 rings (SSSR count). The number of aromatic amines is 1. The topological polar surface area (TPSA) is 139 Å². The van der Waals surface area contributed by atoms with Crippen molar-refractivity contribution in [1.29, 1.82) is 0 Å². The van der Waals surface area contributed by atoms with E-state index in [2.05, 4.69) is 15.0 Å². The number of aliphatic hydroxyl groups is 2. The maximum Gasteiger partial charge on any atom is 0.280 e. The molecule has 0 spiro atoms. The zero-order valence-electron chi connectivity index (χ0n) is 11.4. The van der Waals surface area contributed by atoms with Crippen LogP contribution in [-0.2, 0) is 4.74 Å². The van der Waals surface area contributed by atoms with Gasteiger partial charge in [-0.1, -0.05) is 0 Å². The lowest BCUT2D eigenvalue weighted by Gasteiger charge is -2.27. The van der Waals surface area contributed by atoms with Gasteiger partial charge in [0.25, 0.3) is 12.0 Å². The summed E-state index contributed by atoms with van der Waals surface area (Å²) in [6.07, 6.45) is -8.67. The van der Waals surface area contributed by atoms with E-state index >= 15 is 0 Å². The number of hydrogen-bond donors (Lipinski definition) is 4. The normalized spacial score (nSPS) is 31.3. The van der Waals surface area contributed by atoms with E-state index in [9.17, 15) is 23.1 Å². The number of aliphatic hydroxyl groups excluding tert-OH is 2. The molecule has 4 atom stereocenters. The van der Waals surface area contributed by atoms with Crippen LogP contribution in [0, 0.1) is 0 Å². The second-order valence-electron chi connectivity index (χ2n) is 5.09. The van der Waals surface area contributed by atoms with Crippen molar-refractivity contribution in [2.24, 2.45) is 0 Å². The zero-order valence-corrected chi connectivity index (χ0v) is 11.4. The molecule has 5 N–H and O–H groups in total. The molecule has 2 aromatic heterocycles.